The molecule has 0 aliphatic rings. The van der Waals surface area contributed by atoms with Gasteiger partial charge in [0.2, 0.25) is 11.8 Å². The summed E-state index contributed by atoms with van der Waals surface area (Å²) in [6.45, 7) is 20.5. The van der Waals surface area contributed by atoms with Gasteiger partial charge in [0.15, 0.2) is 0 Å². The van der Waals surface area contributed by atoms with Gasteiger partial charge in [0.05, 0.1) is 0 Å². The molecule has 0 saturated heterocycles. The Morgan fingerprint density at radius 2 is 1.64 bits per heavy atom. The molecule has 3 unspecified atom stereocenters. The molecular formula is C28H47N3O5. The second-order valence-corrected chi connectivity index (χ2v) is 12.0. The van der Waals surface area contributed by atoms with Crippen molar-refractivity contribution in [3.63, 3.8) is 0 Å². The van der Waals surface area contributed by atoms with Gasteiger partial charge in [0, 0.05) is 11.6 Å². The highest BCUT2D eigenvalue weighted by Crippen LogP contribution is 2.30. The highest BCUT2D eigenvalue weighted by atomic mass is 16.6. The Kier molecular flexibility index (Phi) is 10.8. The molecule has 0 spiro atoms. The number of alkyl carbamates (subject to hydrolysis) is 1. The first-order valence-corrected chi connectivity index (χ1v) is 12.8. The summed E-state index contributed by atoms with van der Waals surface area (Å²) in [6, 6.07) is 2.78. The van der Waals surface area contributed by atoms with Gasteiger partial charge >= 0.3 is 6.09 Å². The molecule has 8 nitrogen and oxygen atoms in total. The summed E-state index contributed by atoms with van der Waals surface area (Å²) < 4.78 is 5.43. The van der Waals surface area contributed by atoms with Crippen LogP contribution < -0.4 is 10.6 Å². The van der Waals surface area contributed by atoms with Crippen molar-refractivity contribution >= 4 is 17.9 Å². The normalized spacial score (nSPS) is 14.6. The maximum atomic E-state index is 14.1. The van der Waals surface area contributed by atoms with E-state index in [-0.39, 0.29) is 29.5 Å². The van der Waals surface area contributed by atoms with Crippen LogP contribution in [0.15, 0.2) is 18.2 Å². The van der Waals surface area contributed by atoms with E-state index in [2.05, 4.69) is 10.6 Å². The summed E-state index contributed by atoms with van der Waals surface area (Å²) in [5.41, 5.74) is -0.0631. The first-order chi connectivity index (χ1) is 16.4. The number of hydrogen-bond donors (Lipinski definition) is 3. The van der Waals surface area contributed by atoms with Crippen molar-refractivity contribution in [3.8, 4) is 5.75 Å². The number of hydrogen-bond acceptors (Lipinski definition) is 5. The number of benzene rings is 1. The molecular weight excluding hydrogens is 458 g/mol. The van der Waals surface area contributed by atoms with Crippen LogP contribution in [0.4, 0.5) is 4.79 Å². The fourth-order valence-electron chi connectivity index (χ4n) is 3.84. The number of nitrogens with zero attached hydrogens (tertiary/aromatic N) is 1. The van der Waals surface area contributed by atoms with Crippen LogP contribution in [0, 0.1) is 12.8 Å². The van der Waals surface area contributed by atoms with Gasteiger partial charge in [-0.15, -0.1) is 0 Å². The molecule has 36 heavy (non-hydrogen) atoms. The van der Waals surface area contributed by atoms with Gasteiger partial charge < -0.3 is 25.4 Å². The van der Waals surface area contributed by atoms with Crippen LogP contribution in [0.25, 0.3) is 0 Å². The van der Waals surface area contributed by atoms with Gasteiger partial charge in [-0.1, -0.05) is 26.8 Å². The fourth-order valence-corrected chi connectivity index (χ4v) is 3.84. The predicted molar refractivity (Wildman–Crippen MR) is 143 cm³/mol. The highest BCUT2D eigenvalue weighted by molar-refractivity contribution is 5.92. The zero-order valence-electron chi connectivity index (χ0n) is 24.0. The number of carbonyl (C=O) groups excluding carboxylic acids is 3. The standard InChI is InChI=1S/C28H47N3O5/c1-12-19(5)31(25(34)21(15-17(2)3)29-26(35)36-28(9,10)11)23(24(33)30-27(6,7)8)20-13-14-22(32)18(4)16-20/h13-14,16-17,19,21,23,32H,12,15H2,1-11H3,(H,29,35)(H,30,33). The number of ether oxygens (including phenoxy) is 1. The van der Waals surface area contributed by atoms with E-state index in [1.54, 1.807) is 44.7 Å². The third-order valence-electron chi connectivity index (χ3n) is 5.58. The molecule has 3 N–H and O–H groups in total. The predicted octanol–water partition coefficient (Wildman–Crippen LogP) is 5.22. The molecule has 204 valence electrons. The lowest BCUT2D eigenvalue weighted by atomic mass is 9.95. The molecule has 3 amide bonds. The van der Waals surface area contributed by atoms with E-state index in [0.717, 1.165) is 0 Å². The zero-order valence-corrected chi connectivity index (χ0v) is 24.0. The van der Waals surface area contributed by atoms with Gasteiger partial charge in [-0.3, -0.25) is 9.59 Å². The second-order valence-electron chi connectivity index (χ2n) is 12.0. The van der Waals surface area contributed by atoms with Crippen molar-refractivity contribution in [2.24, 2.45) is 5.92 Å². The number of rotatable bonds is 9. The Morgan fingerprint density at radius 1 is 1.06 bits per heavy atom. The molecule has 1 aromatic rings. The largest absolute Gasteiger partial charge is 0.508 e. The van der Waals surface area contributed by atoms with Crippen LogP contribution >= 0.6 is 0 Å². The van der Waals surface area contributed by atoms with Gasteiger partial charge in [0.25, 0.3) is 0 Å². The van der Waals surface area contributed by atoms with E-state index >= 15 is 0 Å². The fraction of sp³-hybridized carbons (Fsp3) is 0.679. The summed E-state index contributed by atoms with van der Waals surface area (Å²) in [5, 5.41) is 15.9. The molecule has 0 heterocycles. The quantitative estimate of drug-likeness (QED) is 0.426. The Labute approximate surface area is 217 Å². The summed E-state index contributed by atoms with van der Waals surface area (Å²) in [5.74, 6) is -0.477. The average molecular weight is 506 g/mol. The Hall–Kier alpha value is -2.77. The molecule has 0 radical (unpaired) electrons. The van der Waals surface area contributed by atoms with Crippen LogP contribution in [-0.4, -0.2) is 51.1 Å². The Balaban J connectivity index is 3.62. The summed E-state index contributed by atoms with van der Waals surface area (Å²) in [7, 11) is 0. The molecule has 1 aromatic carbocycles. The summed E-state index contributed by atoms with van der Waals surface area (Å²) in [4.78, 5) is 42.1. The number of phenolic OH excluding ortho intramolecular Hbond substituents is 1. The first kappa shape index (κ1) is 31.3. The third-order valence-corrected chi connectivity index (χ3v) is 5.58. The maximum Gasteiger partial charge on any atom is 0.408 e. The molecule has 0 fully saturated rings. The minimum atomic E-state index is -0.957. The lowest BCUT2D eigenvalue weighted by Crippen LogP contribution is -2.57. The molecule has 0 saturated carbocycles. The van der Waals surface area contributed by atoms with E-state index in [0.29, 0.717) is 24.0 Å². The number of carbonyl (C=O) groups is 3. The molecule has 8 heteroatoms. The lowest BCUT2D eigenvalue weighted by molar-refractivity contribution is -0.146. The molecule has 0 aliphatic heterocycles. The third kappa shape index (κ3) is 9.70. The minimum Gasteiger partial charge on any atom is -0.508 e. The van der Waals surface area contributed by atoms with Crippen molar-refractivity contribution in [1.29, 1.82) is 0 Å². The van der Waals surface area contributed by atoms with Gasteiger partial charge in [0.1, 0.15) is 23.4 Å². The van der Waals surface area contributed by atoms with Crippen molar-refractivity contribution in [2.75, 3.05) is 0 Å². The summed E-state index contributed by atoms with van der Waals surface area (Å²) >= 11 is 0. The molecule has 0 aliphatic carbocycles. The van der Waals surface area contributed by atoms with Crippen LogP contribution in [0.1, 0.15) is 99.2 Å². The molecule has 0 bridgehead atoms. The average Bonchev–Trinajstić information content (AvgIpc) is 2.69. The highest BCUT2D eigenvalue weighted by Gasteiger charge is 2.39. The smallest absolute Gasteiger partial charge is 0.408 e. The Morgan fingerprint density at radius 3 is 2.08 bits per heavy atom. The first-order valence-electron chi connectivity index (χ1n) is 12.8. The van der Waals surface area contributed by atoms with Crippen molar-refractivity contribution < 1.29 is 24.2 Å². The van der Waals surface area contributed by atoms with Gasteiger partial charge in [-0.25, -0.2) is 4.79 Å². The molecule has 0 aromatic heterocycles. The SMILES string of the molecule is CCC(C)N(C(=O)C(CC(C)C)NC(=O)OC(C)(C)C)C(C(=O)NC(C)(C)C)c1ccc(O)c(C)c1. The molecule has 3 atom stereocenters. The van der Waals surface area contributed by atoms with Crippen molar-refractivity contribution in [1.82, 2.24) is 15.5 Å². The number of aromatic hydroxyl groups is 1. The second kappa shape index (κ2) is 12.5. The Bertz CT molecular complexity index is 915. The maximum absolute atomic E-state index is 14.1. The van der Waals surface area contributed by atoms with Crippen LogP contribution in [0.5, 0.6) is 5.75 Å². The topological polar surface area (TPSA) is 108 Å². The number of aryl methyl sites for hydroxylation is 1. The van der Waals surface area contributed by atoms with E-state index in [4.69, 9.17) is 4.74 Å². The van der Waals surface area contributed by atoms with E-state index in [9.17, 15) is 19.5 Å². The minimum absolute atomic E-state index is 0.102. The van der Waals surface area contributed by atoms with E-state index < -0.39 is 29.3 Å². The lowest BCUT2D eigenvalue weighted by Gasteiger charge is -2.39. The van der Waals surface area contributed by atoms with E-state index in [1.165, 1.54) is 6.07 Å². The number of nitrogens with one attached hydrogen (secondary N) is 2. The number of phenols is 1. The summed E-state index contributed by atoms with van der Waals surface area (Å²) in [6.07, 6.45) is 0.303. The van der Waals surface area contributed by atoms with Crippen molar-refractivity contribution in [2.45, 2.75) is 118 Å². The zero-order chi connectivity index (χ0) is 28.0. The molecule has 1 rings (SSSR count). The van der Waals surface area contributed by atoms with Gasteiger partial charge in [-0.05, 0) is 97.4 Å². The monoisotopic (exact) mass is 505 g/mol. The van der Waals surface area contributed by atoms with Crippen molar-refractivity contribution in [3.05, 3.63) is 29.3 Å². The van der Waals surface area contributed by atoms with Crippen LogP contribution in [0.2, 0.25) is 0 Å². The van der Waals surface area contributed by atoms with Crippen LogP contribution in [0.3, 0.4) is 0 Å². The van der Waals surface area contributed by atoms with Crippen LogP contribution in [-0.2, 0) is 14.3 Å². The van der Waals surface area contributed by atoms with Gasteiger partial charge in [-0.2, -0.15) is 0 Å². The van der Waals surface area contributed by atoms with E-state index in [1.807, 2.05) is 48.5 Å². The number of amides is 3.